The zero-order valence-corrected chi connectivity index (χ0v) is 20.6. The van der Waals surface area contributed by atoms with Gasteiger partial charge in [0.1, 0.15) is 11.4 Å². The van der Waals surface area contributed by atoms with Gasteiger partial charge in [-0.2, -0.15) is 5.10 Å². The molecule has 1 aliphatic heterocycles. The first-order chi connectivity index (χ1) is 17.7. The van der Waals surface area contributed by atoms with E-state index in [9.17, 15) is 4.79 Å². The fourth-order valence-corrected chi connectivity index (χ4v) is 4.95. The van der Waals surface area contributed by atoms with Crippen molar-refractivity contribution in [2.75, 3.05) is 26.7 Å². The first-order valence-corrected chi connectivity index (χ1v) is 12.5. The van der Waals surface area contributed by atoms with Gasteiger partial charge in [-0.1, -0.05) is 72.8 Å². The maximum absolute atomic E-state index is 13.6. The van der Waals surface area contributed by atoms with Crippen LogP contribution in [0.1, 0.15) is 40.4 Å². The Hall–Kier alpha value is -3.90. The third kappa shape index (κ3) is 5.34. The smallest absolute Gasteiger partial charge is 0.255 e. The van der Waals surface area contributed by atoms with Crippen molar-refractivity contribution in [1.29, 1.82) is 0 Å². The van der Waals surface area contributed by atoms with E-state index in [2.05, 4.69) is 46.6 Å². The van der Waals surface area contributed by atoms with Crippen LogP contribution in [0.5, 0.6) is 5.75 Å². The monoisotopic (exact) mass is 480 g/mol. The fourth-order valence-electron chi connectivity index (χ4n) is 4.95. The van der Waals surface area contributed by atoms with E-state index in [0.29, 0.717) is 30.1 Å². The minimum Gasteiger partial charge on any atom is -0.496 e. The number of rotatable bonds is 9. The number of carbonyl (C=O) groups is 1. The molecule has 3 aromatic carbocycles. The highest BCUT2D eigenvalue weighted by Crippen LogP contribution is 2.31. The molecule has 6 heteroatoms. The van der Waals surface area contributed by atoms with Gasteiger partial charge in [-0.15, -0.1) is 0 Å². The average Bonchev–Trinajstić information content (AvgIpc) is 3.61. The molecule has 0 bridgehead atoms. The summed E-state index contributed by atoms with van der Waals surface area (Å²) in [5.74, 6) is 0.561. The molecule has 0 spiro atoms. The first kappa shape index (κ1) is 23.8. The summed E-state index contributed by atoms with van der Waals surface area (Å²) in [4.78, 5) is 16.1. The van der Waals surface area contributed by atoms with E-state index in [4.69, 9.17) is 9.84 Å². The van der Waals surface area contributed by atoms with Crippen LogP contribution in [0, 0.1) is 0 Å². The van der Waals surface area contributed by atoms with Crippen molar-refractivity contribution in [2.45, 2.75) is 25.4 Å². The molecule has 1 N–H and O–H groups in total. The van der Waals surface area contributed by atoms with Crippen LogP contribution >= 0.6 is 0 Å². The number of ether oxygens (including phenoxy) is 1. The molecule has 1 saturated heterocycles. The predicted octanol–water partition coefficient (Wildman–Crippen LogP) is 5.17. The molecule has 2 heterocycles. The van der Waals surface area contributed by atoms with Gasteiger partial charge in [0, 0.05) is 18.3 Å². The molecule has 0 saturated carbocycles. The first-order valence-electron chi connectivity index (χ1n) is 12.5. The number of hydrogen-bond donors (Lipinski definition) is 1. The third-order valence-corrected chi connectivity index (χ3v) is 6.78. The number of nitrogens with one attached hydrogen (secondary N) is 1. The molecule has 1 atom stereocenters. The lowest BCUT2D eigenvalue weighted by Gasteiger charge is -2.28. The normalized spacial score (nSPS) is 14.5. The van der Waals surface area contributed by atoms with Crippen LogP contribution in [-0.2, 0) is 6.54 Å². The van der Waals surface area contributed by atoms with Gasteiger partial charge in [-0.3, -0.25) is 14.4 Å². The van der Waals surface area contributed by atoms with E-state index in [-0.39, 0.29) is 11.9 Å². The lowest BCUT2D eigenvalue weighted by atomic mass is 10.0. The van der Waals surface area contributed by atoms with Gasteiger partial charge in [0.25, 0.3) is 5.91 Å². The van der Waals surface area contributed by atoms with Crippen molar-refractivity contribution in [1.82, 2.24) is 20.0 Å². The summed E-state index contributed by atoms with van der Waals surface area (Å²) in [6.07, 6.45) is 4.24. The molecule has 1 fully saturated rings. The molecule has 1 aromatic heterocycles. The number of amides is 1. The zero-order chi connectivity index (χ0) is 24.7. The van der Waals surface area contributed by atoms with Crippen LogP contribution in [0.25, 0.3) is 11.3 Å². The molecule has 4 aromatic rings. The Kier molecular flexibility index (Phi) is 7.43. The highest BCUT2D eigenvalue weighted by Gasteiger charge is 2.26. The summed E-state index contributed by atoms with van der Waals surface area (Å²) in [5, 5.41) is 8.06. The van der Waals surface area contributed by atoms with Gasteiger partial charge < -0.3 is 10.1 Å². The summed E-state index contributed by atoms with van der Waals surface area (Å²) in [6, 6.07) is 28.4. The molecule has 0 aliphatic carbocycles. The van der Waals surface area contributed by atoms with Crippen LogP contribution in [0.15, 0.2) is 91.1 Å². The minimum atomic E-state index is -0.129. The maximum atomic E-state index is 13.6. The molecule has 0 unspecified atom stereocenters. The van der Waals surface area contributed by atoms with Crippen LogP contribution in [-0.4, -0.2) is 47.3 Å². The maximum Gasteiger partial charge on any atom is 0.255 e. The van der Waals surface area contributed by atoms with Crippen molar-refractivity contribution < 1.29 is 9.53 Å². The summed E-state index contributed by atoms with van der Waals surface area (Å²) in [5.41, 5.74) is 4.32. The molecule has 36 heavy (non-hydrogen) atoms. The van der Waals surface area contributed by atoms with Crippen LogP contribution in [0.4, 0.5) is 0 Å². The average molecular weight is 481 g/mol. The topological polar surface area (TPSA) is 59.4 Å². The van der Waals surface area contributed by atoms with Crippen molar-refractivity contribution in [3.8, 4) is 17.0 Å². The Morgan fingerprint density at radius 3 is 2.33 bits per heavy atom. The Labute approximate surface area is 212 Å². The summed E-state index contributed by atoms with van der Waals surface area (Å²) in [7, 11) is 1.64. The fraction of sp³-hybridized carbons (Fsp3) is 0.267. The van der Waals surface area contributed by atoms with Crippen LogP contribution in [0.3, 0.4) is 0 Å². The molecule has 184 valence electrons. The zero-order valence-electron chi connectivity index (χ0n) is 20.6. The van der Waals surface area contributed by atoms with Gasteiger partial charge in [-0.25, -0.2) is 0 Å². The number of nitrogens with zero attached hydrogens (tertiary/aromatic N) is 3. The minimum absolute atomic E-state index is 0.129. The highest BCUT2D eigenvalue weighted by atomic mass is 16.5. The van der Waals surface area contributed by atoms with Crippen molar-refractivity contribution >= 4 is 5.91 Å². The Balaban J connectivity index is 1.43. The number of benzene rings is 3. The third-order valence-electron chi connectivity index (χ3n) is 6.78. The molecule has 1 aliphatic rings. The molecule has 6 nitrogen and oxygen atoms in total. The Bertz CT molecular complexity index is 1280. The SMILES string of the molecule is COc1ccccc1-c1nn(Cc2ccccc2)cc1C(=O)NC[C@@H](c1ccccc1)N1CCCC1. The van der Waals surface area contributed by atoms with Gasteiger partial charge >= 0.3 is 0 Å². The van der Waals surface area contributed by atoms with E-state index in [0.717, 1.165) is 24.2 Å². The quantitative estimate of drug-likeness (QED) is 0.359. The molecule has 0 radical (unpaired) electrons. The number of para-hydroxylation sites is 1. The van der Waals surface area contributed by atoms with Crippen LogP contribution < -0.4 is 10.1 Å². The van der Waals surface area contributed by atoms with Gasteiger partial charge in [-0.05, 0) is 49.2 Å². The van der Waals surface area contributed by atoms with Crippen molar-refractivity contribution in [2.24, 2.45) is 0 Å². The number of carbonyl (C=O) groups excluding carboxylic acids is 1. The lowest BCUT2D eigenvalue weighted by Crippen LogP contribution is -2.36. The molecular weight excluding hydrogens is 448 g/mol. The standard InChI is InChI=1S/C30H32N4O2/c1-36-28-17-9-8-16-25(28)29-26(22-34(32-29)21-23-12-4-2-5-13-23)30(35)31-20-27(33-18-10-11-19-33)24-14-6-3-7-15-24/h2-9,12-17,22,27H,10-11,18-21H2,1H3,(H,31,35)/t27-/m0/s1. The van der Waals surface area contributed by atoms with Crippen molar-refractivity contribution in [3.63, 3.8) is 0 Å². The second-order valence-electron chi connectivity index (χ2n) is 9.15. The number of aromatic nitrogens is 2. The van der Waals surface area contributed by atoms with Gasteiger partial charge in [0.2, 0.25) is 0 Å². The number of hydrogen-bond acceptors (Lipinski definition) is 4. The Morgan fingerprint density at radius 2 is 1.61 bits per heavy atom. The van der Waals surface area contributed by atoms with Crippen LogP contribution in [0.2, 0.25) is 0 Å². The molecule has 1 amide bonds. The molecule has 5 rings (SSSR count). The van der Waals surface area contributed by atoms with Gasteiger partial charge in [0.05, 0.1) is 25.3 Å². The van der Waals surface area contributed by atoms with E-state index < -0.39 is 0 Å². The van der Waals surface area contributed by atoms with Crippen molar-refractivity contribution in [3.05, 3.63) is 108 Å². The van der Waals surface area contributed by atoms with E-state index in [1.807, 2.05) is 59.4 Å². The lowest BCUT2D eigenvalue weighted by molar-refractivity contribution is 0.0938. The van der Waals surface area contributed by atoms with E-state index in [1.165, 1.54) is 18.4 Å². The largest absolute Gasteiger partial charge is 0.496 e. The van der Waals surface area contributed by atoms with E-state index in [1.54, 1.807) is 7.11 Å². The highest BCUT2D eigenvalue weighted by molar-refractivity contribution is 6.00. The van der Waals surface area contributed by atoms with E-state index >= 15 is 0 Å². The summed E-state index contributed by atoms with van der Waals surface area (Å²) in [6.45, 7) is 3.22. The summed E-state index contributed by atoms with van der Waals surface area (Å²) < 4.78 is 7.43. The Morgan fingerprint density at radius 1 is 0.944 bits per heavy atom. The summed E-state index contributed by atoms with van der Waals surface area (Å²) >= 11 is 0. The molecular formula is C30H32N4O2. The number of likely N-dealkylation sites (tertiary alicyclic amines) is 1. The van der Waals surface area contributed by atoms with Gasteiger partial charge in [0.15, 0.2) is 0 Å². The second kappa shape index (κ2) is 11.2. The number of methoxy groups -OCH3 is 1. The predicted molar refractivity (Wildman–Crippen MR) is 142 cm³/mol. The second-order valence-corrected chi connectivity index (χ2v) is 9.15.